The highest BCUT2D eigenvalue weighted by molar-refractivity contribution is 5.31. The fourth-order valence-electron chi connectivity index (χ4n) is 2.81. The lowest BCUT2D eigenvalue weighted by Gasteiger charge is -2.28. The van der Waals surface area contributed by atoms with E-state index in [2.05, 4.69) is 32.2 Å². The number of nitrogens with one attached hydrogen (secondary N) is 1. The number of aromatic nitrogens is 3. The van der Waals surface area contributed by atoms with Crippen LogP contribution in [0.1, 0.15) is 30.1 Å². The van der Waals surface area contributed by atoms with Gasteiger partial charge in [-0.2, -0.15) is 0 Å². The number of nitrogens with zero attached hydrogens (tertiary/aromatic N) is 4. The molecule has 0 aliphatic carbocycles. The van der Waals surface area contributed by atoms with Gasteiger partial charge in [0.05, 0.1) is 18.1 Å². The lowest BCUT2D eigenvalue weighted by molar-refractivity contribution is 0.253. The zero-order chi connectivity index (χ0) is 15.2. The van der Waals surface area contributed by atoms with Crippen molar-refractivity contribution >= 4 is 5.82 Å². The number of likely N-dealkylation sites (tertiary alicyclic amines) is 1. The Bertz CT molecular complexity index is 561. The molecule has 5 heteroatoms. The second-order valence-electron chi connectivity index (χ2n) is 5.90. The van der Waals surface area contributed by atoms with Gasteiger partial charge in [0.2, 0.25) is 0 Å². The summed E-state index contributed by atoms with van der Waals surface area (Å²) >= 11 is 0. The molecule has 3 rings (SSSR count). The molecule has 116 valence electrons. The molecule has 0 unspecified atom stereocenters. The van der Waals surface area contributed by atoms with Crippen molar-refractivity contribution in [3.8, 4) is 0 Å². The fourth-order valence-corrected chi connectivity index (χ4v) is 2.81. The van der Waals surface area contributed by atoms with Crippen molar-refractivity contribution in [3.05, 3.63) is 48.2 Å². The minimum atomic E-state index is 0.561. The second-order valence-corrected chi connectivity index (χ2v) is 5.90. The van der Waals surface area contributed by atoms with Gasteiger partial charge in [0.1, 0.15) is 5.82 Å². The summed E-state index contributed by atoms with van der Waals surface area (Å²) in [6.45, 7) is 3.12. The maximum absolute atomic E-state index is 4.59. The van der Waals surface area contributed by atoms with Gasteiger partial charge in [0, 0.05) is 30.8 Å². The molecular weight excluding hydrogens is 274 g/mol. The summed E-state index contributed by atoms with van der Waals surface area (Å²) in [5.74, 6) is 1.40. The first-order valence-electron chi connectivity index (χ1n) is 7.95. The van der Waals surface area contributed by atoms with Crippen molar-refractivity contribution in [2.75, 3.05) is 32.0 Å². The van der Waals surface area contributed by atoms with Gasteiger partial charge in [0.15, 0.2) is 0 Å². The first kappa shape index (κ1) is 14.9. The molecule has 1 N–H and O–H groups in total. The molecule has 2 aromatic heterocycles. The van der Waals surface area contributed by atoms with Gasteiger partial charge in [-0.3, -0.25) is 9.97 Å². The number of piperidine rings is 1. The van der Waals surface area contributed by atoms with E-state index in [0.717, 1.165) is 43.3 Å². The molecule has 2 aromatic rings. The van der Waals surface area contributed by atoms with Crippen LogP contribution in [0.4, 0.5) is 5.82 Å². The van der Waals surface area contributed by atoms with Crippen molar-refractivity contribution in [2.24, 2.45) is 0 Å². The molecule has 5 nitrogen and oxygen atoms in total. The Morgan fingerprint density at radius 2 is 2.00 bits per heavy atom. The predicted molar refractivity (Wildman–Crippen MR) is 87.9 cm³/mol. The van der Waals surface area contributed by atoms with Gasteiger partial charge >= 0.3 is 0 Å². The zero-order valence-electron chi connectivity index (χ0n) is 13.1. The molecule has 1 aliphatic rings. The Morgan fingerprint density at radius 3 is 2.68 bits per heavy atom. The van der Waals surface area contributed by atoms with Crippen molar-refractivity contribution in [2.45, 2.75) is 25.2 Å². The van der Waals surface area contributed by atoms with Crippen LogP contribution in [0.5, 0.6) is 0 Å². The van der Waals surface area contributed by atoms with E-state index in [-0.39, 0.29) is 0 Å². The molecule has 1 saturated heterocycles. The number of hydrogen-bond donors (Lipinski definition) is 1. The highest BCUT2D eigenvalue weighted by atomic mass is 15.1. The average Bonchev–Trinajstić information content (AvgIpc) is 2.57. The van der Waals surface area contributed by atoms with Crippen LogP contribution < -0.4 is 5.32 Å². The highest BCUT2D eigenvalue weighted by Gasteiger charge is 2.19. The molecule has 0 aromatic carbocycles. The Morgan fingerprint density at radius 1 is 1.14 bits per heavy atom. The van der Waals surface area contributed by atoms with Crippen molar-refractivity contribution < 1.29 is 0 Å². The molecule has 0 saturated carbocycles. The van der Waals surface area contributed by atoms with Crippen LogP contribution in [-0.4, -0.2) is 46.5 Å². The van der Waals surface area contributed by atoms with E-state index in [4.69, 9.17) is 0 Å². The van der Waals surface area contributed by atoms with Gasteiger partial charge in [-0.1, -0.05) is 6.07 Å². The largest absolute Gasteiger partial charge is 0.368 e. The molecule has 1 aliphatic heterocycles. The van der Waals surface area contributed by atoms with Crippen LogP contribution in [0.15, 0.2) is 36.8 Å². The SMILES string of the molecule is CN1CCC(c2cnc(NCCc3ccccn3)cn2)CC1. The summed E-state index contributed by atoms with van der Waals surface area (Å²) in [4.78, 5) is 15.8. The Kier molecular flexibility index (Phi) is 4.96. The van der Waals surface area contributed by atoms with E-state index >= 15 is 0 Å². The van der Waals surface area contributed by atoms with E-state index in [0.29, 0.717) is 5.92 Å². The smallest absolute Gasteiger partial charge is 0.144 e. The van der Waals surface area contributed by atoms with Crippen molar-refractivity contribution in [1.82, 2.24) is 19.9 Å². The standard InChI is InChI=1S/C17H23N5/c1-22-10-6-14(7-11-22)16-12-21-17(13-20-16)19-9-5-15-4-2-3-8-18-15/h2-4,8,12-14H,5-7,9-11H2,1H3,(H,19,21). The molecule has 0 spiro atoms. The summed E-state index contributed by atoms with van der Waals surface area (Å²) in [5, 5.41) is 3.31. The zero-order valence-corrected chi connectivity index (χ0v) is 13.1. The maximum Gasteiger partial charge on any atom is 0.144 e. The highest BCUT2D eigenvalue weighted by Crippen LogP contribution is 2.25. The lowest BCUT2D eigenvalue weighted by atomic mass is 9.94. The number of rotatable bonds is 5. The van der Waals surface area contributed by atoms with Crippen molar-refractivity contribution in [3.63, 3.8) is 0 Å². The predicted octanol–water partition coefficient (Wildman–Crippen LogP) is 2.34. The Hall–Kier alpha value is -2.01. The monoisotopic (exact) mass is 297 g/mol. The van der Waals surface area contributed by atoms with Gasteiger partial charge in [-0.05, 0) is 45.1 Å². The molecular formula is C17H23N5. The topological polar surface area (TPSA) is 53.9 Å². The third-order valence-electron chi connectivity index (χ3n) is 4.22. The molecule has 0 bridgehead atoms. The third-order valence-corrected chi connectivity index (χ3v) is 4.22. The lowest BCUT2D eigenvalue weighted by Crippen LogP contribution is -2.29. The van der Waals surface area contributed by atoms with Crippen LogP contribution in [-0.2, 0) is 6.42 Å². The Labute approximate surface area is 131 Å². The summed E-state index contributed by atoms with van der Waals surface area (Å²) in [5.41, 5.74) is 2.22. The Balaban J connectivity index is 1.49. The quantitative estimate of drug-likeness (QED) is 0.918. The van der Waals surface area contributed by atoms with Gasteiger partial charge < -0.3 is 10.2 Å². The average molecular weight is 297 g/mol. The van der Waals surface area contributed by atoms with Crippen LogP contribution >= 0.6 is 0 Å². The first-order valence-corrected chi connectivity index (χ1v) is 7.95. The summed E-state index contributed by atoms with van der Waals surface area (Å²) in [6.07, 6.45) is 8.85. The van der Waals surface area contributed by atoms with E-state index < -0.39 is 0 Å². The van der Waals surface area contributed by atoms with Crippen LogP contribution in [0, 0.1) is 0 Å². The van der Waals surface area contributed by atoms with Crippen LogP contribution in [0.2, 0.25) is 0 Å². The molecule has 0 amide bonds. The van der Waals surface area contributed by atoms with Crippen LogP contribution in [0.25, 0.3) is 0 Å². The normalized spacial score (nSPS) is 16.6. The number of hydrogen-bond acceptors (Lipinski definition) is 5. The van der Waals surface area contributed by atoms with E-state index in [1.807, 2.05) is 36.8 Å². The van der Waals surface area contributed by atoms with Gasteiger partial charge in [-0.15, -0.1) is 0 Å². The summed E-state index contributed by atoms with van der Waals surface area (Å²) < 4.78 is 0. The number of pyridine rings is 1. The van der Waals surface area contributed by atoms with E-state index in [9.17, 15) is 0 Å². The summed E-state index contributed by atoms with van der Waals surface area (Å²) in [6, 6.07) is 5.99. The number of anilines is 1. The molecule has 0 atom stereocenters. The maximum atomic E-state index is 4.59. The van der Waals surface area contributed by atoms with Crippen LogP contribution in [0.3, 0.4) is 0 Å². The van der Waals surface area contributed by atoms with E-state index in [1.165, 1.54) is 12.8 Å². The molecule has 3 heterocycles. The van der Waals surface area contributed by atoms with Gasteiger partial charge in [-0.25, -0.2) is 4.98 Å². The second kappa shape index (κ2) is 7.31. The van der Waals surface area contributed by atoms with Gasteiger partial charge in [0.25, 0.3) is 0 Å². The minimum absolute atomic E-state index is 0.561. The fraction of sp³-hybridized carbons (Fsp3) is 0.471. The van der Waals surface area contributed by atoms with Crippen molar-refractivity contribution in [1.29, 1.82) is 0 Å². The third kappa shape index (κ3) is 4.01. The molecule has 1 fully saturated rings. The first-order chi connectivity index (χ1) is 10.8. The molecule has 0 radical (unpaired) electrons. The summed E-state index contributed by atoms with van der Waals surface area (Å²) in [7, 11) is 2.18. The van der Waals surface area contributed by atoms with E-state index in [1.54, 1.807) is 0 Å². The minimum Gasteiger partial charge on any atom is -0.368 e. The molecule has 22 heavy (non-hydrogen) atoms.